The molecule has 0 amide bonds. The molecular formula is C15H15BrN4. The third-order valence-corrected chi connectivity index (χ3v) is 3.85. The standard InChI is InChI=1S/C15H15BrN4/c1-17-14(8-12-6-5-11(16)9-18-12)13-10-19-20-7-3-2-4-15(13)20/h2-7,9-10,14,17H,8H2,1H3. The molecule has 3 heterocycles. The molecule has 0 aromatic carbocycles. The zero-order valence-electron chi connectivity index (χ0n) is 11.1. The van der Waals surface area contributed by atoms with Crippen LogP contribution in [0.5, 0.6) is 0 Å². The summed E-state index contributed by atoms with van der Waals surface area (Å²) in [4.78, 5) is 4.44. The average Bonchev–Trinajstić information content (AvgIpc) is 2.91. The molecule has 102 valence electrons. The van der Waals surface area contributed by atoms with E-state index in [0.717, 1.165) is 22.1 Å². The number of fused-ring (bicyclic) bond motifs is 1. The van der Waals surface area contributed by atoms with Crippen molar-refractivity contribution in [3.8, 4) is 0 Å². The molecule has 1 atom stereocenters. The number of hydrogen-bond donors (Lipinski definition) is 1. The average molecular weight is 331 g/mol. The Bertz CT molecular complexity index is 705. The minimum absolute atomic E-state index is 0.198. The summed E-state index contributed by atoms with van der Waals surface area (Å²) < 4.78 is 2.90. The zero-order valence-corrected chi connectivity index (χ0v) is 12.7. The van der Waals surface area contributed by atoms with Gasteiger partial charge in [-0.2, -0.15) is 5.10 Å². The van der Waals surface area contributed by atoms with Gasteiger partial charge in [0.05, 0.1) is 11.7 Å². The summed E-state index contributed by atoms with van der Waals surface area (Å²) in [6, 6.07) is 10.4. The second-order valence-corrected chi connectivity index (χ2v) is 5.56. The minimum atomic E-state index is 0.198. The van der Waals surface area contributed by atoms with Crippen LogP contribution in [0, 0.1) is 0 Å². The number of rotatable bonds is 4. The fourth-order valence-corrected chi connectivity index (χ4v) is 2.56. The predicted molar refractivity (Wildman–Crippen MR) is 82.6 cm³/mol. The van der Waals surface area contributed by atoms with E-state index in [2.05, 4.69) is 37.4 Å². The first-order valence-electron chi connectivity index (χ1n) is 6.48. The Labute approximate surface area is 126 Å². The highest BCUT2D eigenvalue weighted by molar-refractivity contribution is 9.10. The van der Waals surface area contributed by atoms with Gasteiger partial charge in [0.25, 0.3) is 0 Å². The van der Waals surface area contributed by atoms with Crippen LogP contribution in [-0.2, 0) is 6.42 Å². The number of halogens is 1. The molecule has 5 heteroatoms. The van der Waals surface area contributed by atoms with E-state index in [1.54, 1.807) is 0 Å². The Hall–Kier alpha value is -1.72. The molecule has 1 N–H and O–H groups in total. The van der Waals surface area contributed by atoms with Gasteiger partial charge in [-0.05, 0) is 47.2 Å². The van der Waals surface area contributed by atoms with Crippen molar-refractivity contribution in [2.45, 2.75) is 12.5 Å². The van der Waals surface area contributed by atoms with Crippen molar-refractivity contribution in [1.82, 2.24) is 19.9 Å². The first kappa shape index (κ1) is 13.3. The second kappa shape index (κ2) is 5.73. The van der Waals surface area contributed by atoms with Crippen LogP contribution in [-0.4, -0.2) is 21.6 Å². The molecule has 0 aliphatic carbocycles. The monoisotopic (exact) mass is 330 g/mol. The van der Waals surface area contributed by atoms with Crippen LogP contribution in [0.25, 0.3) is 5.52 Å². The molecule has 1 unspecified atom stereocenters. The third-order valence-electron chi connectivity index (χ3n) is 3.38. The van der Waals surface area contributed by atoms with Gasteiger partial charge in [-0.15, -0.1) is 0 Å². The highest BCUT2D eigenvalue weighted by atomic mass is 79.9. The summed E-state index contributed by atoms with van der Waals surface area (Å²) in [6.45, 7) is 0. The van der Waals surface area contributed by atoms with Gasteiger partial charge < -0.3 is 5.32 Å². The van der Waals surface area contributed by atoms with E-state index >= 15 is 0 Å². The molecule has 3 aromatic rings. The molecule has 0 aliphatic heterocycles. The Balaban J connectivity index is 1.91. The lowest BCUT2D eigenvalue weighted by molar-refractivity contribution is 0.588. The van der Waals surface area contributed by atoms with Crippen LogP contribution < -0.4 is 5.32 Å². The van der Waals surface area contributed by atoms with E-state index in [-0.39, 0.29) is 6.04 Å². The van der Waals surface area contributed by atoms with Crippen molar-refractivity contribution in [3.05, 3.63) is 64.7 Å². The molecule has 0 bridgehead atoms. The van der Waals surface area contributed by atoms with Crippen LogP contribution in [0.3, 0.4) is 0 Å². The summed E-state index contributed by atoms with van der Waals surface area (Å²) in [5, 5.41) is 7.75. The lowest BCUT2D eigenvalue weighted by Crippen LogP contribution is -2.19. The lowest BCUT2D eigenvalue weighted by atomic mass is 10.0. The maximum absolute atomic E-state index is 4.44. The van der Waals surface area contributed by atoms with E-state index < -0.39 is 0 Å². The van der Waals surface area contributed by atoms with E-state index in [4.69, 9.17) is 0 Å². The van der Waals surface area contributed by atoms with Crippen molar-refractivity contribution in [2.75, 3.05) is 7.05 Å². The molecule has 0 saturated carbocycles. The topological polar surface area (TPSA) is 42.2 Å². The fraction of sp³-hybridized carbons (Fsp3) is 0.200. The van der Waals surface area contributed by atoms with Gasteiger partial charge in [0.1, 0.15) is 0 Å². The van der Waals surface area contributed by atoms with Gasteiger partial charge in [-0.1, -0.05) is 6.07 Å². The van der Waals surface area contributed by atoms with E-state index in [0.29, 0.717) is 0 Å². The molecule has 0 radical (unpaired) electrons. The highest BCUT2D eigenvalue weighted by Gasteiger charge is 2.15. The first-order valence-corrected chi connectivity index (χ1v) is 7.27. The quantitative estimate of drug-likeness (QED) is 0.799. The van der Waals surface area contributed by atoms with Gasteiger partial charge in [0.2, 0.25) is 0 Å². The molecule has 3 rings (SSSR count). The van der Waals surface area contributed by atoms with Crippen molar-refractivity contribution in [1.29, 1.82) is 0 Å². The lowest BCUT2D eigenvalue weighted by Gasteiger charge is -2.14. The van der Waals surface area contributed by atoms with Crippen LogP contribution in [0.2, 0.25) is 0 Å². The number of likely N-dealkylation sites (N-methyl/N-ethyl adjacent to an activating group) is 1. The molecule has 0 fully saturated rings. The third kappa shape index (κ3) is 2.59. The molecule has 20 heavy (non-hydrogen) atoms. The van der Waals surface area contributed by atoms with Crippen molar-refractivity contribution in [3.63, 3.8) is 0 Å². The van der Waals surface area contributed by atoms with Gasteiger partial charge in [-0.25, -0.2) is 4.52 Å². The SMILES string of the molecule is CNC(Cc1ccc(Br)cn1)c1cnn2ccccc12. The van der Waals surface area contributed by atoms with Crippen LogP contribution in [0.4, 0.5) is 0 Å². The van der Waals surface area contributed by atoms with Gasteiger partial charge >= 0.3 is 0 Å². The number of pyridine rings is 2. The highest BCUT2D eigenvalue weighted by Crippen LogP contribution is 2.22. The molecular weight excluding hydrogens is 316 g/mol. The fourth-order valence-electron chi connectivity index (χ4n) is 2.33. The maximum atomic E-state index is 4.44. The van der Waals surface area contributed by atoms with Crippen LogP contribution in [0.15, 0.2) is 53.4 Å². The second-order valence-electron chi connectivity index (χ2n) is 4.64. The summed E-state index contributed by atoms with van der Waals surface area (Å²) in [7, 11) is 1.97. The van der Waals surface area contributed by atoms with E-state index in [9.17, 15) is 0 Å². The number of nitrogens with one attached hydrogen (secondary N) is 1. The number of hydrogen-bond acceptors (Lipinski definition) is 3. The van der Waals surface area contributed by atoms with Crippen LogP contribution >= 0.6 is 15.9 Å². The predicted octanol–water partition coefficient (Wildman–Crippen LogP) is 3.00. The Kier molecular flexibility index (Phi) is 3.80. The molecule has 3 aromatic heterocycles. The summed E-state index contributed by atoms with van der Waals surface area (Å²) in [5.41, 5.74) is 3.38. The van der Waals surface area contributed by atoms with Gasteiger partial charge in [0.15, 0.2) is 0 Å². The first-order chi connectivity index (χ1) is 9.78. The van der Waals surface area contributed by atoms with Crippen molar-refractivity contribution in [2.24, 2.45) is 0 Å². The zero-order chi connectivity index (χ0) is 13.9. The van der Waals surface area contributed by atoms with E-state index in [1.165, 1.54) is 5.56 Å². The summed E-state index contributed by atoms with van der Waals surface area (Å²) >= 11 is 3.41. The summed E-state index contributed by atoms with van der Waals surface area (Å²) in [6.07, 6.45) is 6.55. The Morgan fingerprint density at radius 1 is 1.25 bits per heavy atom. The van der Waals surface area contributed by atoms with Crippen molar-refractivity contribution < 1.29 is 0 Å². The van der Waals surface area contributed by atoms with Crippen molar-refractivity contribution >= 4 is 21.4 Å². The summed E-state index contributed by atoms with van der Waals surface area (Å²) in [5.74, 6) is 0. The van der Waals surface area contributed by atoms with Gasteiger partial charge in [-0.3, -0.25) is 4.98 Å². The van der Waals surface area contributed by atoms with E-state index in [1.807, 2.05) is 54.4 Å². The minimum Gasteiger partial charge on any atom is -0.313 e. The van der Waals surface area contributed by atoms with Crippen LogP contribution in [0.1, 0.15) is 17.3 Å². The largest absolute Gasteiger partial charge is 0.313 e. The molecule has 4 nitrogen and oxygen atoms in total. The number of nitrogens with zero attached hydrogens (tertiary/aromatic N) is 3. The normalized spacial score (nSPS) is 12.7. The Morgan fingerprint density at radius 3 is 2.90 bits per heavy atom. The molecule has 0 saturated heterocycles. The molecule has 0 spiro atoms. The maximum Gasteiger partial charge on any atom is 0.0709 e. The number of aromatic nitrogens is 3. The Morgan fingerprint density at radius 2 is 2.15 bits per heavy atom. The van der Waals surface area contributed by atoms with Gasteiger partial charge in [0, 0.05) is 40.6 Å². The molecule has 0 aliphatic rings. The smallest absolute Gasteiger partial charge is 0.0709 e.